The van der Waals surface area contributed by atoms with Crippen LogP contribution in [0.25, 0.3) is 0 Å². The lowest BCUT2D eigenvalue weighted by Gasteiger charge is -2.12. The maximum absolute atomic E-state index is 12.9. The molecule has 2 aromatic rings. The van der Waals surface area contributed by atoms with Crippen LogP contribution in [-0.4, -0.2) is 11.9 Å². The first-order valence-corrected chi connectivity index (χ1v) is 7.09. The van der Waals surface area contributed by atoms with Crippen LogP contribution in [0.4, 0.5) is 17.6 Å². The molecule has 2 aromatic carbocycles. The van der Waals surface area contributed by atoms with E-state index < -0.39 is 17.6 Å². The van der Waals surface area contributed by atoms with Crippen LogP contribution in [0, 0.1) is 5.82 Å². The van der Waals surface area contributed by atoms with E-state index in [0.29, 0.717) is 6.42 Å². The summed E-state index contributed by atoms with van der Waals surface area (Å²) in [6.07, 6.45) is -3.95. The van der Waals surface area contributed by atoms with Crippen molar-refractivity contribution in [3.63, 3.8) is 0 Å². The molecule has 23 heavy (non-hydrogen) atoms. The molecule has 2 nitrogen and oxygen atoms in total. The molecule has 0 radical (unpaired) electrons. The molecule has 1 aliphatic rings. The highest BCUT2D eigenvalue weighted by Crippen LogP contribution is 2.41. The smallest absolute Gasteiger partial charge is 0.349 e. The second kappa shape index (κ2) is 5.68. The van der Waals surface area contributed by atoms with E-state index >= 15 is 0 Å². The lowest BCUT2D eigenvalue weighted by atomic mass is 10.1. The minimum absolute atomic E-state index is 0.0117. The van der Waals surface area contributed by atoms with Gasteiger partial charge in [-0.15, -0.1) is 0 Å². The van der Waals surface area contributed by atoms with Gasteiger partial charge in [-0.1, -0.05) is 24.3 Å². The Bertz CT molecular complexity index is 724. The van der Waals surface area contributed by atoms with Crippen molar-refractivity contribution < 1.29 is 22.4 Å². The number of amides is 1. The molecule has 0 aliphatic heterocycles. The molecule has 0 bridgehead atoms. The van der Waals surface area contributed by atoms with Crippen molar-refractivity contribution in [1.29, 1.82) is 0 Å². The SMILES string of the molecule is O=C(NC1CC1c1ccc(F)cc1)c1ccccc1C(F)(F)F. The van der Waals surface area contributed by atoms with Gasteiger partial charge in [0.2, 0.25) is 0 Å². The van der Waals surface area contributed by atoms with Crippen molar-refractivity contribution in [3.05, 3.63) is 71.0 Å². The number of carbonyl (C=O) groups excluding carboxylic acids is 1. The first kappa shape index (κ1) is 15.5. The monoisotopic (exact) mass is 323 g/mol. The molecule has 0 heterocycles. The van der Waals surface area contributed by atoms with Crippen LogP contribution in [0.15, 0.2) is 48.5 Å². The van der Waals surface area contributed by atoms with Gasteiger partial charge in [0, 0.05) is 12.0 Å². The summed E-state index contributed by atoms with van der Waals surface area (Å²) in [5.74, 6) is -1.08. The lowest BCUT2D eigenvalue weighted by Crippen LogP contribution is -2.28. The molecule has 3 rings (SSSR count). The van der Waals surface area contributed by atoms with Crippen LogP contribution in [0.1, 0.15) is 33.8 Å². The highest BCUT2D eigenvalue weighted by molar-refractivity contribution is 5.96. The number of hydrogen-bond acceptors (Lipinski definition) is 1. The first-order valence-electron chi connectivity index (χ1n) is 7.09. The highest BCUT2D eigenvalue weighted by Gasteiger charge is 2.41. The third kappa shape index (κ3) is 3.36. The standard InChI is InChI=1S/C17H13F4NO/c18-11-7-5-10(6-8-11)13-9-15(13)22-16(23)12-3-1-2-4-14(12)17(19,20)21/h1-8,13,15H,9H2,(H,22,23). The summed E-state index contributed by atoms with van der Waals surface area (Å²) in [4.78, 5) is 12.1. The van der Waals surface area contributed by atoms with Gasteiger partial charge in [-0.2, -0.15) is 13.2 Å². The second-order valence-corrected chi connectivity index (χ2v) is 5.52. The summed E-state index contributed by atoms with van der Waals surface area (Å²) < 4.78 is 51.7. The minimum Gasteiger partial charge on any atom is -0.349 e. The summed E-state index contributed by atoms with van der Waals surface area (Å²) in [5, 5.41) is 2.61. The molecule has 6 heteroatoms. The van der Waals surface area contributed by atoms with Crippen molar-refractivity contribution in [2.45, 2.75) is 24.6 Å². The number of hydrogen-bond donors (Lipinski definition) is 1. The molecule has 1 saturated carbocycles. The topological polar surface area (TPSA) is 29.1 Å². The first-order chi connectivity index (χ1) is 10.9. The average molecular weight is 323 g/mol. The van der Waals surface area contributed by atoms with Gasteiger partial charge in [-0.05, 0) is 36.2 Å². The molecule has 2 atom stereocenters. The quantitative estimate of drug-likeness (QED) is 0.846. The molecule has 0 spiro atoms. The van der Waals surface area contributed by atoms with Gasteiger partial charge in [0.25, 0.3) is 5.91 Å². The average Bonchev–Trinajstić information content (AvgIpc) is 3.26. The van der Waals surface area contributed by atoms with E-state index in [9.17, 15) is 22.4 Å². The molecular formula is C17H13F4NO. The Kier molecular flexibility index (Phi) is 3.83. The molecule has 0 saturated heterocycles. The lowest BCUT2D eigenvalue weighted by molar-refractivity contribution is -0.137. The number of benzene rings is 2. The zero-order valence-electron chi connectivity index (χ0n) is 11.9. The van der Waals surface area contributed by atoms with E-state index in [4.69, 9.17) is 0 Å². The molecular weight excluding hydrogens is 310 g/mol. The fourth-order valence-electron chi connectivity index (χ4n) is 2.61. The zero-order chi connectivity index (χ0) is 16.6. The van der Waals surface area contributed by atoms with Gasteiger partial charge in [0.05, 0.1) is 11.1 Å². The Morgan fingerprint density at radius 2 is 1.70 bits per heavy atom. The number of rotatable bonds is 3. The van der Waals surface area contributed by atoms with Crippen molar-refractivity contribution in [2.24, 2.45) is 0 Å². The van der Waals surface area contributed by atoms with Gasteiger partial charge in [0.15, 0.2) is 0 Å². The van der Waals surface area contributed by atoms with Crippen molar-refractivity contribution in [1.82, 2.24) is 5.32 Å². The van der Waals surface area contributed by atoms with E-state index in [-0.39, 0.29) is 23.3 Å². The van der Waals surface area contributed by atoms with E-state index in [1.807, 2.05) is 0 Å². The molecule has 1 N–H and O–H groups in total. The van der Waals surface area contributed by atoms with Gasteiger partial charge in [0.1, 0.15) is 5.82 Å². The fraction of sp³-hybridized carbons (Fsp3) is 0.235. The Morgan fingerprint density at radius 1 is 1.04 bits per heavy atom. The maximum Gasteiger partial charge on any atom is 0.417 e. The van der Waals surface area contributed by atoms with Gasteiger partial charge in [-0.25, -0.2) is 4.39 Å². The van der Waals surface area contributed by atoms with Crippen LogP contribution in [0.2, 0.25) is 0 Å². The van der Waals surface area contributed by atoms with E-state index in [2.05, 4.69) is 5.32 Å². The summed E-state index contributed by atoms with van der Waals surface area (Å²) in [7, 11) is 0. The summed E-state index contributed by atoms with van der Waals surface area (Å²) in [6, 6.07) is 10.4. The number of alkyl halides is 3. The fourth-order valence-corrected chi connectivity index (χ4v) is 2.61. The summed E-state index contributed by atoms with van der Waals surface area (Å²) in [5.41, 5.74) is -0.470. The number of nitrogens with one attached hydrogen (secondary N) is 1. The molecule has 1 aliphatic carbocycles. The van der Waals surface area contributed by atoms with Crippen LogP contribution in [0.5, 0.6) is 0 Å². The minimum atomic E-state index is -4.58. The van der Waals surface area contributed by atoms with Crippen LogP contribution < -0.4 is 5.32 Å². The molecule has 1 fully saturated rings. The number of halogens is 4. The van der Waals surface area contributed by atoms with E-state index in [0.717, 1.165) is 17.7 Å². The van der Waals surface area contributed by atoms with Crippen molar-refractivity contribution in [2.75, 3.05) is 0 Å². The largest absolute Gasteiger partial charge is 0.417 e. The normalized spacial score (nSPS) is 20.2. The Morgan fingerprint density at radius 3 is 2.35 bits per heavy atom. The Hall–Kier alpha value is -2.37. The van der Waals surface area contributed by atoms with Crippen LogP contribution in [0.3, 0.4) is 0 Å². The third-order valence-electron chi connectivity index (χ3n) is 3.88. The zero-order valence-corrected chi connectivity index (χ0v) is 11.9. The summed E-state index contributed by atoms with van der Waals surface area (Å²) >= 11 is 0. The van der Waals surface area contributed by atoms with Crippen molar-refractivity contribution >= 4 is 5.91 Å². The van der Waals surface area contributed by atoms with E-state index in [1.165, 1.54) is 24.3 Å². The molecule has 1 amide bonds. The van der Waals surface area contributed by atoms with Gasteiger partial charge in [-0.3, -0.25) is 4.79 Å². The van der Waals surface area contributed by atoms with Gasteiger partial charge < -0.3 is 5.32 Å². The van der Waals surface area contributed by atoms with Crippen LogP contribution >= 0.6 is 0 Å². The summed E-state index contributed by atoms with van der Waals surface area (Å²) in [6.45, 7) is 0. The highest BCUT2D eigenvalue weighted by atomic mass is 19.4. The second-order valence-electron chi connectivity index (χ2n) is 5.52. The number of carbonyl (C=O) groups is 1. The van der Waals surface area contributed by atoms with Crippen molar-refractivity contribution in [3.8, 4) is 0 Å². The third-order valence-corrected chi connectivity index (χ3v) is 3.88. The molecule has 0 aromatic heterocycles. The Labute approximate surface area is 130 Å². The predicted molar refractivity (Wildman–Crippen MR) is 76.5 cm³/mol. The Balaban J connectivity index is 1.71. The maximum atomic E-state index is 12.9. The molecule has 120 valence electrons. The van der Waals surface area contributed by atoms with Gasteiger partial charge >= 0.3 is 6.18 Å². The van der Waals surface area contributed by atoms with Crippen LogP contribution in [-0.2, 0) is 6.18 Å². The van der Waals surface area contributed by atoms with E-state index in [1.54, 1.807) is 12.1 Å². The predicted octanol–water partition coefficient (Wildman–Crippen LogP) is 4.13. The molecule has 2 unspecified atom stereocenters.